The van der Waals surface area contributed by atoms with Crippen LogP contribution in [0.15, 0.2) is 16.6 Å². The molecule has 0 aliphatic carbocycles. The van der Waals surface area contributed by atoms with Gasteiger partial charge >= 0.3 is 0 Å². The predicted octanol–water partition coefficient (Wildman–Crippen LogP) is 2.24. The summed E-state index contributed by atoms with van der Waals surface area (Å²) in [6.45, 7) is 0. The molecular formula is C9H7BrN2O3. The van der Waals surface area contributed by atoms with Gasteiger partial charge in [0, 0.05) is 17.0 Å². The Labute approximate surface area is 93.8 Å². The molecule has 0 saturated heterocycles. The molecule has 78 valence electrons. The molecule has 1 aliphatic heterocycles. The molecule has 0 radical (unpaired) electrons. The summed E-state index contributed by atoms with van der Waals surface area (Å²) < 4.78 is 0.795. The minimum atomic E-state index is -0.489. The first-order valence-corrected chi connectivity index (χ1v) is 5.14. The molecular weight excluding hydrogens is 264 g/mol. The van der Waals surface area contributed by atoms with E-state index in [-0.39, 0.29) is 11.6 Å². The molecule has 0 unspecified atom stereocenters. The van der Waals surface area contributed by atoms with Crippen molar-refractivity contribution >= 4 is 33.2 Å². The van der Waals surface area contributed by atoms with Gasteiger partial charge in [-0.1, -0.05) is 15.9 Å². The molecule has 5 nitrogen and oxygen atoms in total. The highest BCUT2D eigenvalue weighted by molar-refractivity contribution is 9.10. The van der Waals surface area contributed by atoms with E-state index in [9.17, 15) is 14.9 Å². The van der Waals surface area contributed by atoms with Gasteiger partial charge in [-0.15, -0.1) is 0 Å². The predicted molar refractivity (Wildman–Crippen MR) is 57.7 cm³/mol. The molecule has 1 heterocycles. The average molecular weight is 271 g/mol. The number of hydrogen-bond acceptors (Lipinski definition) is 3. The third-order valence-corrected chi connectivity index (χ3v) is 3.04. The monoisotopic (exact) mass is 270 g/mol. The van der Waals surface area contributed by atoms with Crippen LogP contribution in [-0.4, -0.2) is 10.8 Å². The maximum absolute atomic E-state index is 11.2. The van der Waals surface area contributed by atoms with Crippen molar-refractivity contribution in [2.75, 3.05) is 5.32 Å². The molecule has 1 aliphatic rings. The molecule has 0 spiro atoms. The van der Waals surface area contributed by atoms with E-state index in [0.29, 0.717) is 18.5 Å². The van der Waals surface area contributed by atoms with Crippen LogP contribution in [0, 0.1) is 10.1 Å². The number of nitro benzene ring substituents is 1. The van der Waals surface area contributed by atoms with Crippen LogP contribution >= 0.6 is 15.9 Å². The second-order valence-corrected chi connectivity index (χ2v) is 4.08. The highest BCUT2D eigenvalue weighted by atomic mass is 79.9. The SMILES string of the molecule is O=C1CCc2c(Br)ccc([N+](=O)[O-])c2N1. The highest BCUT2D eigenvalue weighted by Gasteiger charge is 2.25. The maximum atomic E-state index is 11.2. The van der Waals surface area contributed by atoms with Crippen LogP contribution in [0.5, 0.6) is 0 Å². The number of hydrogen-bond donors (Lipinski definition) is 1. The van der Waals surface area contributed by atoms with Crippen molar-refractivity contribution in [2.45, 2.75) is 12.8 Å². The van der Waals surface area contributed by atoms with Crippen molar-refractivity contribution in [2.24, 2.45) is 0 Å². The van der Waals surface area contributed by atoms with Gasteiger partial charge in [-0.05, 0) is 18.1 Å². The van der Waals surface area contributed by atoms with Gasteiger partial charge in [0.1, 0.15) is 5.69 Å². The number of carbonyl (C=O) groups is 1. The molecule has 1 amide bonds. The molecule has 1 N–H and O–H groups in total. The van der Waals surface area contributed by atoms with Crippen LogP contribution < -0.4 is 5.32 Å². The van der Waals surface area contributed by atoms with E-state index in [4.69, 9.17) is 0 Å². The Morgan fingerprint density at radius 1 is 1.40 bits per heavy atom. The number of nitrogens with one attached hydrogen (secondary N) is 1. The van der Waals surface area contributed by atoms with Crippen molar-refractivity contribution in [3.8, 4) is 0 Å². The number of anilines is 1. The second kappa shape index (κ2) is 3.62. The summed E-state index contributed by atoms with van der Waals surface area (Å²) in [4.78, 5) is 21.4. The molecule has 1 aromatic carbocycles. The normalized spacial score (nSPS) is 14.3. The summed E-state index contributed by atoms with van der Waals surface area (Å²) in [5.41, 5.74) is 1.07. The summed E-state index contributed by atoms with van der Waals surface area (Å²) >= 11 is 3.31. The number of fused-ring (bicyclic) bond motifs is 1. The number of halogens is 1. The minimum absolute atomic E-state index is 0.0544. The van der Waals surface area contributed by atoms with E-state index in [2.05, 4.69) is 21.2 Å². The van der Waals surface area contributed by atoms with E-state index < -0.39 is 4.92 Å². The van der Waals surface area contributed by atoms with E-state index >= 15 is 0 Å². The first-order chi connectivity index (χ1) is 7.09. The van der Waals surface area contributed by atoms with E-state index in [1.165, 1.54) is 6.07 Å². The summed E-state index contributed by atoms with van der Waals surface area (Å²) in [5, 5.41) is 13.3. The minimum Gasteiger partial charge on any atom is -0.320 e. The number of rotatable bonds is 1. The highest BCUT2D eigenvalue weighted by Crippen LogP contribution is 2.36. The molecule has 1 aromatic rings. The quantitative estimate of drug-likeness (QED) is 0.628. The molecule has 0 atom stereocenters. The van der Waals surface area contributed by atoms with Gasteiger partial charge in [-0.2, -0.15) is 0 Å². The molecule has 0 fully saturated rings. The van der Waals surface area contributed by atoms with Gasteiger partial charge in [-0.25, -0.2) is 0 Å². The summed E-state index contributed by atoms with van der Waals surface area (Å²) in [5.74, 6) is -0.177. The standard InChI is InChI=1S/C9H7BrN2O3/c10-6-2-3-7(12(14)15)9-5(6)1-4-8(13)11-9/h2-3H,1,4H2,(H,11,13). The first kappa shape index (κ1) is 10.1. The Hall–Kier alpha value is -1.43. The van der Waals surface area contributed by atoms with Crippen LogP contribution in [0.2, 0.25) is 0 Å². The Kier molecular flexibility index (Phi) is 2.44. The zero-order valence-corrected chi connectivity index (χ0v) is 9.20. The molecule has 2 rings (SSSR count). The van der Waals surface area contributed by atoms with Crippen molar-refractivity contribution < 1.29 is 9.72 Å². The zero-order chi connectivity index (χ0) is 11.0. The van der Waals surface area contributed by atoms with Gasteiger partial charge in [0.25, 0.3) is 5.69 Å². The number of amides is 1. The van der Waals surface area contributed by atoms with Crippen LogP contribution in [0.1, 0.15) is 12.0 Å². The number of nitrogens with zero attached hydrogens (tertiary/aromatic N) is 1. The molecule has 0 aromatic heterocycles. The van der Waals surface area contributed by atoms with E-state index in [1.54, 1.807) is 6.07 Å². The third kappa shape index (κ3) is 1.72. The topological polar surface area (TPSA) is 72.2 Å². The zero-order valence-electron chi connectivity index (χ0n) is 7.62. The Balaban J connectivity index is 2.61. The fraction of sp³-hybridized carbons (Fsp3) is 0.222. The van der Waals surface area contributed by atoms with Crippen LogP contribution in [0.4, 0.5) is 11.4 Å². The third-order valence-electron chi connectivity index (χ3n) is 2.30. The Bertz CT molecular complexity index is 459. The van der Waals surface area contributed by atoms with Crippen molar-refractivity contribution in [3.05, 3.63) is 32.3 Å². The van der Waals surface area contributed by atoms with E-state index in [0.717, 1.165) is 10.0 Å². The summed E-state index contributed by atoms with van der Waals surface area (Å²) in [7, 11) is 0. The summed E-state index contributed by atoms with van der Waals surface area (Å²) in [6.07, 6.45) is 0.899. The Morgan fingerprint density at radius 2 is 2.13 bits per heavy atom. The van der Waals surface area contributed by atoms with Gasteiger partial charge in [0.15, 0.2) is 0 Å². The lowest BCUT2D eigenvalue weighted by atomic mass is 10.0. The number of nitro groups is 1. The van der Waals surface area contributed by atoms with Gasteiger partial charge in [0.2, 0.25) is 5.91 Å². The molecule has 6 heteroatoms. The van der Waals surface area contributed by atoms with Crippen LogP contribution in [0.25, 0.3) is 0 Å². The fourth-order valence-corrected chi connectivity index (χ4v) is 2.12. The van der Waals surface area contributed by atoms with Crippen molar-refractivity contribution in [1.29, 1.82) is 0 Å². The second-order valence-electron chi connectivity index (χ2n) is 3.23. The number of benzene rings is 1. The lowest BCUT2D eigenvalue weighted by molar-refractivity contribution is -0.384. The fourth-order valence-electron chi connectivity index (χ4n) is 1.59. The van der Waals surface area contributed by atoms with Gasteiger partial charge in [0.05, 0.1) is 4.92 Å². The van der Waals surface area contributed by atoms with Crippen molar-refractivity contribution in [3.63, 3.8) is 0 Å². The molecule has 15 heavy (non-hydrogen) atoms. The van der Waals surface area contributed by atoms with Crippen LogP contribution in [-0.2, 0) is 11.2 Å². The van der Waals surface area contributed by atoms with E-state index in [1.807, 2.05) is 0 Å². The summed E-state index contributed by atoms with van der Waals surface area (Å²) in [6, 6.07) is 3.02. The Morgan fingerprint density at radius 3 is 2.80 bits per heavy atom. The first-order valence-electron chi connectivity index (χ1n) is 4.35. The van der Waals surface area contributed by atoms with Gasteiger partial charge in [-0.3, -0.25) is 14.9 Å². The lowest BCUT2D eigenvalue weighted by Crippen LogP contribution is -2.20. The lowest BCUT2D eigenvalue weighted by Gasteiger charge is -2.17. The average Bonchev–Trinajstić information content (AvgIpc) is 2.17. The number of carbonyl (C=O) groups excluding carboxylic acids is 1. The van der Waals surface area contributed by atoms with Crippen molar-refractivity contribution in [1.82, 2.24) is 0 Å². The smallest absolute Gasteiger partial charge is 0.293 e. The van der Waals surface area contributed by atoms with Crippen LogP contribution in [0.3, 0.4) is 0 Å². The maximum Gasteiger partial charge on any atom is 0.293 e. The molecule has 0 saturated carbocycles. The molecule has 0 bridgehead atoms. The van der Waals surface area contributed by atoms with Gasteiger partial charge < -0.3 is 5.32 Å². The largest absolute Gasteiger partial charge is 0.320 e.